The van der Waals surface area contributed by atoms with Crippen molar-refractivity contribution in [2.45, 2.75) is 26.3 Å². The van der Waals surface area contributed by atoms with Crippen LogP contribution < -0.4 is 0 Å². The van der Waals surface area contributed by atoms with Gasteiger partial charge in [-0.1, -0.05) is 24.8 Å². The molecule has 16 heavy (non-hydrogen) atoms. The molecule has 0 spiro atoms. The van der Waals surface area contributed by atoms with Crippen molar-refractivity contribution in [1.29, 1.82) is 0 Å². The summed E-state index contributed by atoms with van der Waals surface area (Å²) in [5, 5.41) is 0. The first-order chi connectivity index (χ1) is 7.41. The highest BCUT2D eigenvalue weighted by Gasteiger charge is 2.33. The highest BCUT2D eigenvalue weighted by molar-refractivity contribution is 6.02. The lowest BCUT2D eigenvalue weighted by atomic mass is 9.92. The molecule has 2 heteroatoms. The average Bonchev–Trinajstić information content (AvgIpc) is 2.22. The van der Waals surface area contributed by atoms with Gasteiger partial charge >= 0.3 is 0 Å². The quantitative estimate of drug-likeness (QED) is 0.651. The van der Waals surface area contributed by atoms with Crippen LogP contribution in [0.15, 0.2) is 30.8 Å². The van der Waals surface area contributed by atoms with E-state index in [0.29, 0.717) is 6.54 Å². The van der Waals surface area contributed by atoms with Crippen LogP contribution in [0, 0.1) is 0 Å². The Morgan fingerprint density at radius 2 is 1.75 bits per heavy atom. The highest BCUT2D eigenvalue weighted by Crippen LogP contribution is 2.30. The minimum absolute atomic E-state index is 0.107. The van der Waals surface area contributed by atoms with Gasteiger partial charge in [0.05, 0.1) is 0 Å². The summed E-state index contributed by atoms with van der Waals surface area (Å²) in [5.74, 6) is 0.107. The van der Waals surface area contributed by atoms with E-state index in [9.17, 15) is 4.79 Å². The second-order valence-electron chi connectivity index (χ2n) is 5.21. The number of hydrogen-bond acceptors (Lipinski definition) is 1. The van der Waals surface area contributed by atoms with E-state index in [1.54, 1.807) is 0 Å². The summed E-state index contributed by atoms with van der Waals surface area (Å²) < 4.78 is 0. The summed E-state index contributed by atoms with van der Waals surface area (Å²) >= 11 is 0. The first-order valence-electron chi connectivity index (χ1n) is 5.50. The maximum Gasteiger partial charge on any atom is 0.255 e. The fraction of sp³-hybridized carbons (Fsp3) is 0.357. The summed E-state index contributed by atoms with van der Waals surface area (Å²) in [6, 6.07) is 7.69. The van der Waals surface area contributed by atoms with E-state index >= 15 is 0 Å². The van der Waals surface area contributed by atoms with Crippen LogP contribution >= 0.6 is 0 Å². The molecule has 2 nitrogen and oxygen atoms in total. The van der Waals surface area contributed by atoms with Crippen molar-refractivity contribution in [2.24, 2.45) is 0 Å². The summed E-state index contributed by atoms with van der Waals surface area (Å²) in [7, 11) is 0. The van der Waals surface area contributed by atoms with Gasteiger partial charge < -0.3 is 4.90 Å². The maximum absolute atomic E-state index is 12.3. The summed E-state index contributed by atoms with van der Waals surface area (Å²) in [5.41, 5.74) is 2.62. The molecule has 0 saturated carbocycles. The lowest BCUT2D eigenvalue weighted by molar-refractivity contribution is 0.0611. The van der Waals surface area contributed by atoms with Gasteiger partial charge in [-0.25, -0.2) is 0 Å². The van der Waals surface area contributed by atoms with Crippen molar-refractivity contribution < 1.29 is 4.79 Å². The molecular weight excluding hydrogens is 198 g/mol. The molecule has 1 aliphatic heterocycles. The van der Waals surface area contributed by atoms with Gasteiger partial charge in [-0.15, -0.1) is 0 Å². The van der Waals surface area contributed by atoms with Crippen LogP contribution in [0.5, 0.6) is 0 Å². The molecule has 0 aliphatic carbocycles. The Morgan fingerprint density at radius 3 is 2.31 bits per heavy atom. The van der Waals surface area contributed by atoms with Crippen molar-refractivity contribution in [3.8, 4) is 0 Å². The van der Waals surface area contributed by atoms with Gasteiger partial charge in [-0.2, -0.15) is 0 Å². The van der Waals surface area contributed by atoms with E-state index in [1.165, 1.54) is 0 Å². The zero-order chi connectivity index (χ0) is 11.9. The Morgan fingerprint density at radius 1 is 1.19 bits per heavy atom. The molecule has 84 valence electrons. The third kappa shape index (κ3) is 1.64. The summed E-state index contributed by atoms with van der Waals surface area (Å²) in [6.45, 7) is 10.8. The first kappa shape index (κ1) is 10.9. The number of benzene rings is 1. The zero-order valence-electron chi connectivity index (χ0n) is 10.1. The Hall–Kier alpha value is -1.57. The van der Waals surface area contributed by atoms with E-state index < -0.39 is 0 Å². The van der Waals surface area contributed by atoms with Gasteiger partial charge in [-0.3, -0.25) is 4.79 Å². The van der Waals surface area contributed by atoms with E-state index in [2.05, 4.69) is 6.58 Å². The Kier molecular flexibility index (Phi) is 2.38. The van der Waals surface area contributed by atoms with Gasteiger partial charge in [-0.05, 0) is 38.0 Å². The molecule has 0 atom stereocenters. The van der Waals surface area contributed by atoms with Crippen molar-refractivity contribution >= 4 is 11.5 Å². The van der Waals surface area contributed by atoms with E-state index in [-0.39, 0.29) is 11.4 Å². The molecule has 0 aromatic heterocycles. The lowest BCUT2D eigenvalue weighted by Crippen LogP contribution is -2.48. The summed E-state index contributed by atoms with van der Waals surface area (Å²) in [6.07, 6.45) is 0. The molecule has 1 aromatic carbocycles. The first-order valence-corrected chi connectivity index (χ1v) is 5.50. The second kappa shape index (κ2) is 3.48. The third-order valence-electron chi connectivity index (χ3n) is 2.94. The molecule has 0 saturated heterocycles. The smallest absolute Gasteiger partial charge is 0.255 e. The van der Waals surface area contributed by atoms with Crippen molar-refractivity contribution in [3.05, 3.63) is 42.0 Å². The molecular formula is C14H17NO. The van der Waals surface area contributed by atoms with Gasteiger partial charge in [0.25, 0.3) is 5.91 Å². The number of rotatable bonds is 0. The predicted molar refractivity (Wildman–Crippen MR) is 66.3 cm³/mol. The maximum atomic E-state index is 12.3. The van der Waals surface area contributed by atoms with Gasteiger partial charge in [0, 0.05) is 17.6 Å². The summed E-state index contributed by atoms with van der Waals surface area (Å²) in [4.78, 5) is 14.2. The molecule has 2 rings (SSSR count). The number of hydrogen-bond donors (Lipinski definition) is 0. The second-order valence-corrected chi connectivity index (χ2v) is 5.21. The van der Waals surface area contributed by atoms with Crippen LogP contribution in [0.4, 0.5) is 0 Å². The number of carbonyl (C=O) groups is 1. The average molecular weight is 215 g/mol. The Balaban J connectivity index is 2.50. The van der Waals surface area contributed by atoms with Crippen LogP contribution in [-0.4, -0.2) is 22.9 Å². The van der Waals surface area contributed by atoms with E-state index in [4.69, 9.17) is 0 Å². The molecule has 0 bridgehead atoms. The number of fused-ring (bicyclic) bond motifs is 1. The predicted octanol–water partition coefficient (Wildman–Crippen LogP) is 2.95. The molecule has 1 amide bonds. The number of carbonyl (C=O) groups excluding carboxylic acids is 1. The van der Waals surface area contributed by atoms with Crippen LogP contribution in [0.25, 0.3) is 5.57 Å². The fourth-order valence-electron chi connectivity index (χ4n) is 2.01. The molecule has 0 unspecified atom stereocenters. The molecule has 1 heterocycles. The van der Waals surface area contributed by atoms with E-state index in [1.807, 2.05) is 49.9 Å². The van der Waals surface area contributed by atoms with Crippen molar-refractivity contribution in [2.75, 3.05) is 6.54 Å². The SMILES string of the molecule is C=C1CN(C(C)(C)C)C(=O)c2ccccc21. The van der Waals surface area contributed by atoms with Crippen LogP contribution in [-0.2, 0) is 0 Å². The van der Waals surface area contributed by atoms with Gasteiger partial charge in [0.1, 0.15) is 0 Å². The minimum Gasteiger partial charge on any atom is -0.329 e. The highest BCUT2D eigenvalue weighted by atomic mass is 16.2. The fourth-order valence-corrected chi connectivity index (χ4v) is 2.01. The van der Waals surface area contributed by atoms with Gasteiger partial charge in [0.2, 0.25) is 0 Å². The standard InChI is InChI=1S/C14H17NO/c1-10-9-15(14(2,3)4)13(16)12-8-6-5-7-11(10)12/h5-8H,1,9H2,2-4H3. The number of nitrogens with zero attached hydrogens (tertiary/aromatic N) is 1. The van der Waals surface area contributed by atoms with Crippen LogP contribution in [0.1, 0.15) is 36.7 Å². The molecule has 1 aliphatic rings. The van der Waals surface area contributed by atoms with Crippen molar-refractivity contribution in [1.82, 2.24) is 4.90 Å². The lowest BCUT2D eigenvalue weighted by Gasteiger charge is -2.39. The zero-order valence-corrected chi connectivity index (χ0v) is 10.1. The Bertz CT molecular complexity index is 454. The molecule has 0 radical (unpaired) electrons. The molecule has 0 N–H and O–H groups in total. The molecule has 1 aromatic rings. The number of amides is 1. The minimum atomic E-state index is -0.159. The topological polar surface area (TPSA) is 20.3 Å². The molecule has 0 fully saturated rings. The normalized spacial score (nSPS) is 16.3. The Labute approximate surface area is 96.6 Å². The van der Waals surface area contributed by atoms with Crippen LogP contribution in [0.2, 0.25) is 0 Å². The monoisotopic (exact) mass is 215 g/mol. The van der Waals surface area contributed by atoms with Crippen molar-refractivity contribution in [3.63, 3.8) is 0 Å². The van der Waals surface area contributed by atoms with Gasteiger partial charge in [0.15, 0.2) is 0 Å². The van der Waals surface area contributed by atoms with Crippen LogP contribution in [0.3, 0.4) is 0 Å². The largest absolute Gasteiger partial charge is 0.329 e. The van der Waals surface area contributed by atoms with E-state index in [0.717, 1.165) is 16.7 Å². The third-order valence-corrected chi connectivity index (χ3v) is 2.94.